The fourth-order valence-corrected chi connectivity index (χ4v) is 3.49. The number of nitrogens with zero attached hydrogens (tertiary/aromatic N) is 4. The normalized spacial score (nSPS) is 11.9. The lowest BCUT2D eigenvalue weighted by Gasteiger charge is -2.10. The summed E-state index contributed by atoms with van der Waals surface area (Å²) in [7, 11) is 0. The van der Waals surface area contributed by atoms with Gasteiger partial charge in [0.25, 0.3) is 11.5 Å². The first-order valence-corrected chi connectivity index (χ1v) is 9.68. The van der Waals surface area contributed by atoms with Crippen molar-refractivity contribution >= 4 is 28.0 Å². The fourth-order valence-electron chi connectivity index (χ4n) is 2.77. The molecule has 0 bridgehead atoms. The first kappa shape index (κ1) is 18.8. The molecule has 146 valence electrons. The molecule has 1 amide bonds. The van der Waals surface area contributed by atoms with Crippen LogP contribution in [0.5, 0.6) is 5.75 Å². The van der Waals surface area contributed by atoms with Crippen molar-refractivity contribution in [2.24, 2.45) is 0 Å². The molecule has 1 N–H and O–H groups in total. The summed E-state index contributed by atoms with van der Waals surface area (Å²) in [5.41, 5.74) is 0.844. The van der Waals surface area contributed by atoms with Crippen LogP contribution in [0, 0.1) is 6.92 Å². The Morgan fingerprint density at radius 3 is 2.76 bits per heavy atom. The van der Waals surface area contributed by atoms with Crippen molar-refractivity contribution in [3.05, 3.63) is 81.3 Å². The zero-order valence-corrected chi connectivity index (χ0v) is 16.5. The van der Waals surface area contributed by atoms with Crippen molar-refractivity contribution in [1.82, 2.24) is 19.6 Å². The van der Waals surface area contributed by atoms with Gasteiger partial charge in [0.05, 0.1) is 0 Å². The van der Waals surface area contributed by atoms with Crippen molar-refractivity contribution in [2.75, 3.05) is 5.32 Å². The van der Waals surface area contributed by atoms with E-state index in [9.17, 15) is 9.59 Å². The molecule has 8 nitrogen and oxygen atoms in total. The SMILES string of the molecule is Cc1cccn2c(=O)c(C(=O)Nc3nnc(C(C)Oc4ccccc4)s3)cnc12. The van der Waals surface area contributed by atoms with Crippen molar-refractivity contribution < 1.29 is 9.53 Å². The minimum absolute atomic E-state index is 0.0709. The van der Waals surface area contributed by atoms with Gasteiger partial charge < -0.3 is 4.74 Å². The van der Waals surface area contributed by atoms with E-state index in [1.54, 1.807) is 12.3 Å². The average molecular weight is 407 g/mol. The van der Waals surface area contributed by atoms with E-state index in [4.69, 9.17) is 4.74 Å². The summed E-state index contributed by atoms with van der Waals surface area (Å²) in [5, 5.41) is 11.5. The summed E-state index contributed by atoms with van der Waals surface area (Å²) >= 11 is 1.19. The molecule has 0 fully saturated rings. The smallest absolute Gasteiger partial charge is 0.270 e. The van der Waals surface area contributed by atoms with Gasteiger partial charge in [-0.3, -0.25) is 19.3 Å². The lowest BCUT2D eigenvalue weighted by Crippen LogP contribution is -2.26. The number of hydrogen-bond acceptors (Lipinski definition) is 7. The molecule has 9 heteroatoms. The van der Waals surface area contributed by atoms with Gasteiger partial charge in [0, 0.05) is 12.4 Å². The van der Waals surface area contributed by atoms with E-state index in [0.717, 1.165) is 5.56 Å². The van der Waals surface area contributed by atoms with Gasteiger partial charge in [-0.05, 0) is 37.6 Å². The largest absolute Gasteiger partial charge is 0.483 e. The second-order valence-electron chi connectivity index (χ2n) is 6.33. The summed E-state index contributed by atoms with van der Waals surface area (Å²) in [6.45, 7) is 3.70. The molecule has 0 spiro atoms. The molecular weight excluding hydrogens is 390 g/mol. The van der Waals surface area contributed by atoms with Gasteiger partial charge in [-0.15, -0.1) is 10.2 Å². The number of benzene rings is 1. The minimum atomic E-state index is -0.585. The standard InChI is InChI=1S/C20H17N5O3S/c1-12-7-6-10-25-16(12)21-11-15(19(25)27)17(26)22-20-24-23-18(29-20)13(2)28-14-8-4-3-5-9-14/h3-11,13H,1-2H3,(H,22,24,26). The third kappa shape index (κ3) is 3.85. The fraction of sp³-hybridized carbons (Fsp3) is 0.150. The predicted molar refractivity (Wildman–Crippen MR) is 110 cm³/mol. The summed E-state index contributed by atoms with van der Waals surface area (Å²) in [6.07, 6.45) is 2.53. The molecule has 0 saturated carbocycles. The van der Waals surface area contributed by atoms with Crippen molar-refractivity contribution in [2.45, 2.75) is 20.0 Å². The van der Waals surface area contributed by atoms with Gasteiger partial charge >= 0.3 is 0 Å². The van der Waals surface area contributed by atoms with Gasteiger partial charge in [0.2, 0.25) is 5.13 Å². The predicted octanol–water partition coefficient (Wildman–Crippen LogP) is 3.25. The van der Waals surface area contributed by atoms with Crippen molar-refractivity contribution in [1.29, 1.82) is 0 Å². The molecule has 0 aliphatic rings. The molecule has 0 aliphatic heterocycles. The highest BCUT2D eigenvalue weighted by molar-refractivity contribution is 7.15. The van der Waals surface area contributed by atoms with Crippen LogP contribution in [0.15, 0.2) is 59.7 Å². The number of hydrogen-bond donors (Lipinski definition) is 1. The van der Waals surface area contributed by atoms with Gasteiger partial charge in [0.15, 0.2) is 5.01 Å². The van der Waals surface area contributed by atoms with E-state index >= 15 is 0 Å². The Kier molecular flexibility index (Phi) is 5.05. The van der Waals surface area contributed by atoms with Crippen molar-refractivity contribution in [3.8, 4) is 5.75 Å². The van der Waals surface area contributed by atoms with E-state index in [1.165, 1.54) is 21.9 Å². The lowest BCUT2D eigenvalue weighted by molar-refractivity contribution is 0.102. The number of amides is 1. The lowest BCUT2D eigenvalue weighted by atomic mass is 10.2. The third-order valence-electron chi connectivity index (χ3n) is 4.24. The van der Waals surface area contributed by atoms with Crippen LogP contribution in [0.3, 0.4) is 0 Å². The molecular formula is C20H17N5O3S. The highest BCUT2D eigenvalue weighted by Crippen LogP contribution is 2.26. The molecule has 0 radical (unpaired) electrons. The first-order chi connectivity index (χ1) is 14.0. The number of carbonyl (C=O) groups excluding carboxylic acids is 1. The maximum absolute atomic E-state index is 12.6. The van der Waals surface area contributed by atoms with Crippen LogP contribution in [-0.4, -0.2) is 25.5 Å². The van der Waals surface area contributed by atoms with E-state index in [0.29, 0.717) is 16.4 Å². The quantitative estimate of drug-likeness (QED) is 0.545. The zero-order valence-electron chi connectivity index (χ0n) is 15.7. The number of aromatic nitrogens is 4. The molecule has 1 atom stereocenters. The summed E-state index contributed by atoms with van der Waals surface area (Å²) in [6, 6.07) is 12.9. The van der Waals surface area contributed by atoms with Crippen LogP contribution in [-0.2, 0) is 0 Å². The molecule has 1 aromatic carbocycles. The molecule has 0 aliphatic carbocycles. The Balaban J connectivity index is 1.52. The van der Waals surface area contributed by atoms with Gasteiger partial charge in [-0.2, -0.15) is 0 Å². The van der Waals surface area contributed by atoms with Crippen LogP contribution in [0.4, 0.5) is 5.13 Å². The molecule has 4 rings (SSSR count). The second-order valence-corrected chi connectivity index (χ2v) is 7.34. The number of carbonyl (C=O) groups is 1. The number of ether oxygens (including phenoxy) is 1. The van der Waals surface area contributed by atoms with Crippen LogP contribution in [0.2, 0.25) is 0 Å². The number of fused-ring (bicyclic) bond motifs is 1. The number of anilines is 1. The first-order valence-electron chi connectivity index (χ1n) is 8.86. The summed E-state index contributed by atoms with van der Waals surface area (Å²) in [4.78, 5) is 29.4. The Morgan fingerprint density at radius 1 is 1.17 bits per heavy atom. The third-order valence-corrected chi connectivity index (χ3v) is 5.24. The van der Waals surface area contributed by atoms with Crippen LogP contribution >= 0.6 is 11.3 Å². The van der Waals surface area contributed by atoms with E-state index in [2.05, 4.69) is 20.5 Å². The Labute approximate surface area is 169 Å². The van der Waals surface area contributed by atoms with Gasteiger partial charge in [-0.25, -0.2) is 4.98 Å². The van der Waals surface area contributed by atoms with E-state index in [1.807, 2.05) is 50.2 Å². The maximum atomic E-state index is 12.6. The monoisotopic (exact) mass is 407 g/mol. The molecule has 3 aromatic heterocycles. The number of pyridine rings is 1. The molecule has 4 aromatic rings. The zero-order chi connectivity index (χ0) is 20.4. The number of nitrogens with one attached hydrogen (secondary N) is 1. The Bertz CT molecular complexity index is 1240. The van der Waals surface area contributed by atoms with E-state index < -0.39 is 11.5 Å². The molecule has 3 heterocycles. The minimum Gasteiger partial charge on any atom is -0.483 e. The number of aryl methyl sites for hydroxylation is 1. The Hall–Kier alpha value is -3.59. The second kappa shape index (κ2) is 7.80. The van der Waals surface area contributed by atoms with E-state index in [-0.39, 0.29) is 16.8 Å². The van der Waals surface area contributed by atoms with Gasteiger partial charge in [-0.1, -0.05) is 35.6 Å². The van der Waals surface area contributed by atoms with Crippen LogP contribution in [0.1, 0.15) is 34.0 Å². The highest BCUT2D eigenvalue weighted by atomic mass is 32.1. The number of para-hydroxylation sites is 1. The number of rotatable bonds is 5. The average Bonchev–Trinajstić information content (AvgIpc) is 3.18. The molecule has 1 unspecified atom stereocenters. The van der Waals surface area contributed by atoms with Crippen LogP contribution in [0.25, 0.3) is 5.65 Å². The van der Waals surface area contributed by atoms with Crippen LogP contribution < -0.4 is 15.6 Å². The highest BCUT2D eigenvalue weighted by Gasteiger charge is 2.18. The summed E-state index contributed by atoms with van der Waals surface area (Å²) in [5.74, 6) is 0.129. The maximum Gasteiger partial charge on any atom is 0.270 e. The van der Waals surface area contributed by atoms with Crippen molar-refractivity contribution in [3.63, 3.8) is 0 Å². The van der Waals surface area contributed by atoms with Gasteiger partial charge in [0.1, 0.15) is 23.1 Å². The molecule has 29 heavy (non-hydrogen) atoms. The molecule has 0 saturated heterocycles. The topological polar surface area (TPSA) is 98.5 Å². The Morgan fingerprint density at radius 2 is 1.97 bits per heavy atom. The summed E-state index contributed by atoms with van der Waals surface area (Å²) < 4.78 is 7.17.